The zero-order chi connectivity index (χ0) is 11.4. The second-order valence-corrected chi connectivity index (χ2v) is 4.93. The minimum atomic E-state index is -0.201. The van der Waals surface area contributed by atoms with E-state index in [0.717, 1.165) is 23.7 Å². The van der Waals surface area contributed by atoms with Crippen molar-refractivity contribution in [3.05, 3.63) is 16.4 Å². The van der Waals surface area contributed by atoms with Crippen LogP contribution in [0.5, 0.6) is 0 Å². The van der Waals surface area contributed by atoms with E-state index in [4.69, 9.17) is 0 Å². The molecule has 0 spiro atoms. The summed E-state index contributed by atoms with van der Waals surface area (Å²) in [6.45, 7) is 6.22. The molecule has 15 heavy (non-hydrogen) atoms. The third kappa shape index (κ3) is 3.31. The molecule has 4 heteroatoms. The summed E-state index contributed by atoms with van der Waals surface area (Å²) < 4.78 is 3.05. The van der Waals surface area contributed by atoms with E-state index in [2.05, 4.69) is 34.9 Å². The van der Waals surface area contributed by atoms with Gasteiger partial charge < -0.3 is 5.11 Å². The standard InChI is InChI=1S/C11H19BrN2O/c1-4-9(15)5-6-11-10(12)7-13-14(11)8(2)3/h7-9,15H,4-6H2,1-3H3. The summed E-state index contributed by atoms with van der Waals surface area (Å²) in [5, 5.41) is 13.8. The predicted molar refractivity (Wildman–Crippen MR) is 64.9 cm³/mol. The molecule has 0 fully saturated rings. The number of aliphatic hydroxyl groups is 1. The fourth-order valence-corrected chi connectivity index (χ4v) is 2.02. The Bertz CT molecular complexity index is 310. The highest BCUT2D eigenvalue weighted by Crippen LogP contribution is 2.21. The highest BCUT2D eigenvalue weighted by molar-refractivity contribution is 9.10. The van der Waals surface area contributed by atoms with Crippen LogP contribution in [-0.2, 0) is 6.42 Å². The number of rotatable bonds is 5. The largest absolute Gasteiger partial charge is 0.393 e. The fourth-order valence-electron chi connectivity index (χ4n) is 1.55. The maximum Gasteiger partial charge on any atom is 0.0635 e. The minimum Gasteiger partial charge on any atom is -0.393 e. The van der Waals surface area contributed by atoms with Crippen LogP contribution in [0.15, 0.2) is 10.7 Å². The van der Waals surface area contributed by atoms with Crippen LogP contribution >= 0.6 is 15.9 Å². The molecule has 0 saturated carbocycles. The van der Waals surface area contributed by atoms with Crippen molar-refractivity contribution >= 4 is 15.9 Å². The predicted octanol–water partition coefficient (Wildman–Crippen LogP) is 2.93. The third-order valence-corrected chi connectivity index (χ3v) is 3.18. The summed E-state index contributed by atoms with van der Waals surface area (Å²) in [7, 11) is 0. The van der Waals surface area contributed by atoms with Crippen molar-refractivity contribution in [1.82, 2.24) is 9.78 Å². The smallest absolute Gasteiger partial charge is 0.0635 e. The Hall–Kier alpha value is -0.350. The first-order valence-electron chi connectivity index (χ1n) is 5.46. The summed E-state index contributed by atoms with van der Waals surface area (Å²) >= 11 is 3.49. The zero-order valence-corrected chi connectivity index (χ0v) is 11.2. The fraction of sp³-hybridized carbons (Fsp3) is 0.727. The summed E-state index contributed by atoms with van der Waals surface area (Å²) in [5.41, 5.74) is 1.18. The molecule has 1 heterocycles. The SMILES string of the molecule is CCC(O)CCc1c(Br)cnn1C(C)C. The second-order valence-electron chi connectivity index (χ2n) is 4.08. The lowest BCUT2D eigenvalue weighted by Gasteiger charge is -2.13. The van der Waals surface area contributed by atoms with Gasteiger partial charge in [-0.3, -0.25) is 4.68 Å². The Labute approximate surface area is 99.6 Å². The van der Waals surface area contributed by atoms with Crippen LogP contribution in [0.3, 0.4) is 0 Å². The lowest BCUT2D eigenvalue weighted by atomic mass is 10.1. The number of halogens is 1. The summed E-state index contributed by atoms with van der Waals surface area (Å²) in [4.78, 5) is 0. The van der Waals surface area contributed by atoms with Gasteiger partial charge in [-0.05, 0) is 49.0 Å². The number of nitrogens with zero attached hydrogens (tertiary/aromatic N) is 2. The van der Waals surface area contributed by atoms with Gasteiger partial charge in [0.1, 0.15) is 0 Å². The monoisotopic (exact) mass is 274 g/mol. The van der Waals surface area contributed by atoms with Crippen molar-refractivity contribution in [2.75, 3.05) is 0 Å². The molecular formula is C11H19BrN2O. The van der Waals surface area contributed by atoms with Gasteiger partial charge in [0, 0.05) is 6.04 Å². The molecule has 1 atom stereocenters. The second kappa shape index (κ2) is 5.66. The third-order valence-electron chi connectivity index (χ3n) is 2.52. The van der Waals surface area contributed by atoms with E-state index in [-0.39, 0.29) is 6.10 Å². The van der Waals surface area contributed by atoms with E-state index in [1.54, 1.807) is 0 Å². The van der Waals surface area contributed by atoms with Crippen LogP contribution in [0.25, 0.3) is 0 Å². The molecule has 0 aromatic carbocycles. The molecule has 1 aromatic heterocycles. The molecule has 0 aliphatic heterocycles. The molecule has 0 bridgehead atoms. The van der Waals surface area contributed by atoms with E-state index in [0.29, 0.717) is 6.04 Å². The van der Waals surface area contributed by atoms with Gasteiger partial charge in [0.25, 0.3) is 0 Å². The van der Waals surface area contributed by atoms with Gasteiger partial charge in [-0.2, -0.15) is 5.10 Å². The normalized spacial score (nSPS) is 13.5. The van der Waals surface area contributed by atoms with Gasteiger partial charge in [0.2, 0.25) is 0 Å². The zero-order valence-electron chi connectivity index (χ0n) is 9.57. The summed E-state index contributed by atoms with van der Waals surface area (Å²) in [5.74, 6) is 0. The van der Waals surface area contributed by atoms with Crippen LogP contribution in [0, 0.1) is 0 Å². The van der Waals surface area contributed by atoms with E-state index in [1.165, 1.54) is 5.69 Å². The van der Waals surface area contributed by atoms with Crippen molar-refractivity contribution in [3.63, 3.8) is 0 Å². The molecule has 0 aliphatic rings. The van der Waals surface area contributed by atoms with Crippen LogP contribution < -0.4 is 0 Å². The van der Waals surface area contributed by atoms with Crippen molar-refractivity contribution in [3.8, 4) is 0 Å². The Morgan fingerprint density at radius 3 is 2.73 bits per heavy atom. The number of hydrogen-bond acceptors (Lipinski definition) is 2. The van der Waals surface area contributed by atoms with Gasteiger partial charge in [-0.15, -0.1) is 0 Å². The minimum absolute atomic E-state index is 0.201. The summed E-state index contributed by atoms with van der Waals surface area (Å²) in [6.07, 6.45) is 4.11. The topological polar surface area (TPSA) is 38.1 Å². The van der Waals surface area contributed by atoms with E-state index >= 15 is 0 Å². The first-order chi connectivity index (χ1) is 7.06. The van der Waals surface area contributed by atoms with Gasteiger partial charge >= 0.3 is 0 Å². The molecule has 0 amide bonds. The number of hydrogen-bond donors (Lipinski definition) is 1. The summed E-state index contributed by atoms with van der Waals surface area (Å²) in [6, 6.07) is 0.366. The number of aliphatic hydroxyl groups excluding tert-OH is 1. The van der Waals surface area contributed by atoms with Crippen LogP contribution in [0.2, 0.25) is 0 Å². The number of aromatic nitrogens is 2. The first-order valence-corrected chi connectivity index (χ1v) is 6.25. The van der Waals surface area contributed by atoms with Crippen molar-refractivity contribution in [2.24, 2.45) is 0 Å². The Morgan fingerprint density at radius 1 is 1.53 bits per heavy atom. The molecular weight excluding hydrogens is 256 g/mol. The Morgan fingerprint density at radius 2 is 2.20 bits per heavy atom. The maximum atomic E-state index is 9.53. The molecule has 0 aliphatic carbocycles. The van der Waals surface area contributed by atoms with Crippen LogP contribution in [-0.4, -0.2) is 21.0 Å². The molecule has 1 aromatic rings. The maximum absolute atomic E-state index is 9.53. The average molecular weight is 275 g/mol. The highest BCUT2D eigenvalue weighted by Gasteiger charge is 2.12. The lowest BCUT2D eigenvalue weighted by molar-refractivity contribution is 0.159. The van der Waals surface area contributed by atoms with Gasteiger partial charge in [-0.1, -0.05) is 6.92 Å². The van der Waals surface area contributed by atoms with Crippen LogP contribution in [0.1, 0.15) is 45.3 Å². The van der Waals surface area contributed by atoms with E-state index < -0.39 is 0 Å². The van der Waals surface area contributed by atoms with Crippen molar-refractivity contribution in [2.45, 2.75) is 52.2 Å². The van der Waals surface area contributed by atoms with Crippen LogP contribution in [0.4, 0.5) is 0 Å². The quantitative estimate of drug-likeness (QED) is 0.897. The van der Waals surface area contributed by atoms with Gasteiger partial charge in [-0.25, -0.2) is 0 Å². The first kappa shape index (κ1) is 12.7. The van der Waals surface area contributed by atoms with E-state index in [9.17, 15) is 5.11 Å². The Kier molecular flexibility index (Phi) is 4.80. The van der Waals surface area contributed by atoms with Gasteiger partial charge in [0.15, 0.2) is 0 Å². The van der Waals surface area contributed by atoms with Gasteiger partial charge in [0.05, 0.1) is 22.5 Å². The molecule has 86 valence electrons. The lowest BCUT2D eigenvalue weighted by Crippen LogP contribution is -2.11. The van der Waals surface area contributed by atoms with Crippen molar-refractivity contribution in [1.29, 1.82) is 0 Å². The molecule has 0 saturated heterocycles. The van der Waals surface area contributed by atoms with E-state index in [1.807, 2.05) is 17.8 Å². The highest BCUT2D eigenvalue weighted by atomic mass is 79.9. The molecule has 0 radical (unpaired) electrons. The average Bonchev–Trinajstić information content (AvgIpc) is 2.56. The molecule has 1 N–H and O–H groups in total. The van der Waals surface area contributed by atoms with Crippen molar-refractivity contribution < 1.29 is 5.11 Å². The molecule has 1 rings (SSSR count). The molecule has 1 unspecified atom stereocenters. The Balaban J connectivity index is 2.70. The molecule has 3 nitrogen and oxygen atoms in total.